The first kappa shape index (κ1) is 26.2. The topological polar surface area (TPSA) is 90.5 Å². The highest BCUT2D eigenvalue weighted by atomic mass is 19.3. The fraction of sp³-hybridized carbons (Fsp3) is 0.393. The van der Waals surface area contributed by atoms with Crippen LogP contribution in [0, 0.1) is 0 Å². The Labute approximate surface area is 209 Å². The van der Waals surface area contributed by atoms with Crippen molar-refractivity contribution < 1.29 is 24.1 Å². The van der Waals surface area contributed by atoms with Gasteiger partial charge in [-0.1, -0.05) is 60.7 Å². The zero-order chi connectivity index (χ0) is 25.7. The van der Waals surface area contributed by atoms with E-state index in [-0.39, 0.29) is 18.7 Å². The summed E-state index contributed by atoms with van der Waals surface area (Å²) in [4.78, 5) is 4.16. The van der Waals surface area contributed by atoms with Gasteiger partial charge in [0.05, 0.1) is 19.2 Å². The van der Waals surface area contributed by atoms with Crippen LogP contribution in [0.5, 0.6) is 0 Å². The summed E-state index contributed by atoms with van der Waals surface area (Å²) < 4.78 is 28.1. The van der Waals surface area contributed by atoms with Gasteiger partial charge in [0.2, 0.25) is 0 Å². The van der Waals surface area contributed by atoms with Gasteiger partial charge in [-0.25, -0.2) is 13.8 Å². The van der Waals surface area contributed by atoms with Crippen LogP contribution in [-0.4, -0.2) is 56.6 Å². The normalized spacial score (nSPS) is 19.8. The molecule has 1 aliphatic carbocycles. The smallest absolute Gasteiger partial charge is 0.282 e. The SMILES string of the molecule is C[C@H](O)c1nccn1C(/C=C/c1ccc(-c2ccc(C3CC(NCC(F)(F)CO)C3)cc2)cc1)CO. The van der Waals surface area contributed by atoms with Gasteiger partial charge in [0.1, 0.15) is 18.5 Å². The van der Waals surface area contributed by atoms with Crippen LogP contribution < -0.4 is 5.32 Å². The van der Waals surface area contributed by atoms with Crippen molar-refractivity contribution in [1.82, 2.24) is 14.9 Å². The second kappa shape index (κ2) is 11.4. The summed E-state index contributed by atoms with van der Waals surface area (Å²) in [6, 6.07) is 16.2. The van der Waals surface area contributed by atoms with Gasteiger partial charge in [-0.3, -0.25) is 0 Å². The number of hydrogen-bond acceptors (Lipinski definition) is 5. The minimum Gasteiger partial charge on any atom is -0.394 e. The summed E-state index contributed by atoms with van der Waals surface area (Å²) in [6.45, 7) is -0.0799. The van der Waals surface area contributed by atoms with E-state index < -0.39 is 25.2 Å². The Hall–Kier alpha value is -2.91. The van der Waals surface area contributed by atoms with Crippen molar-refractivity contribution in [3.8, 4) is 11.1 Å². The first-order valence-corrected chi connectivity index (χ1v) is 12.2. The van der Waals surface area contributed by atoms with E-state index in [2.05, 4.69) is 34.6 Å². The molecule has 36 heavy (non-hydrogen) atoms. The quantitative estimate of drug-likeness (QED) is 0.317. The molecule has 4 rings (SSSR count). The lowest BCUT2D eigenvalue weighted by Crippen LogP contribution is -2.46. The largest absolute Gasteiger partial charge is 0.394 e. The van der Waals surface area contributed by atoms with E-state index in [1.807, 2.05) is 36.4 Å². The minimum atomic E-state index is -3.07. The monoisotopic (exact) mass is 497 g/mol. The Kier molecular flexibility index (Phi) is 8.31. The van der Waals surface area contributed by atoms with E-state index in [0.29, 0.717) is 11.7 Å². The maximum Gasteiger partial charge on any atom is 0.282 e. The molecule has 0 bridgehead atoms. The van der Waals surface area contributed by atoms with Gasteiger partial charge in [-0.15, -0.1) is 0 Å². The number of imidazole rings is 1. The number of nitrogens with one attached hydrogen (secondary N) is 1. The maximum atomic E-state index is 13.2. The molecule has 0 saturated heterocycles. The first-order chi connectivity index (χ1) is 17.3. The van der Waals surface area contributed by atoms with Crippen LogP contribution in [0.3, 0.4) is 0 Å². The average Bonchev–Trinajstić information content (AvgIpc) is 3.34. The molecule has 1 fully saturated rings. The molecule has 2 atom stereocenters. The predicted octanol–water partition coefficient (Wildman–Crippen LogP) is 4.31. The molecular formula is C28H33F2N3O3. The van der Waals surface area contributed by atoms with Crippen molar-refractivity contribution in [2.24, 2.45) is 0 Å². The molecule has 0 aliphatic heterocycles. The number of benzene rings is 2. The number of aromatic nitrogens is 2. The van der Waals surface area contributed by atoms with Gasteiger partial charge in [0.15, 0.2) is 0 Å². The summed E-state index contributed by atoms with van der Waals surface area (Å²) in [6.07, 6.45) is 8.10. The van der Waals surface area contributed by atoms with Gasteiger partial charge in [-0.05, 0) is 47.9 Å². The lowest BCUT2D eigenvalue weighted by atomic mass is 9.75. The lowest BCUT2D eigenvalue weighted by molar-refractivity contribution is -0.0512. The van der Waals surface area contributed by atoms with E-state index in [4.69, 9.17) is 5.11 Å². The Morgan fingerprint density at radius 2 is 1.72 bits per heavy atom. The molecule has 4 N–H and O–H groups in total. The van der Waals surface area contributed by atoms with Crippen molar-refractivity contribution in [2.45, 2.75) is 49.8 Å². The third-order valence-electron chi connectivity index (χ3n) is 6.77. The molecule has 1 saturated carbocycles. The van der Waals surface area contributed by atoms with Crippen molar-refractivity contribution in [3.63, 3.8) is 0 Å². The Balaban J connectivity index is 1.33. The predicted molar refractivity (Wildman–Crippen MR) is 136 cm³/mol. The van der Waals surface area contributed by atoms with E-state index in [0.717, 1.165) is 29.5 Å². The van der Waals surface area contributed by atoms with Crippen molar-refractivity contribution in [1.29, 1.82) is 0 Å². The van der Waals surface area contributed by atoms with Crippen LogP contribution in [0.15, 0.2) is 67.0 Å². The highest BCUT2D eigenvalue weighted by molar-refractivity contribution is 5.66. The highest BCUT2D eigenvalue weighted by Gasteiger charge is 2.34. The molecule has 192 valence electrons. The van der Waals surface area contributed by atoms with Gasteiger partial charge in [0, 0.05) is 18.4 Å². The Morgan fingerprint density at radius 3 is 2.31 bits per heavy atom. The number of aliphatic hydroxyl groups excluding tert-OH is 3. The summed E-state index contributed by atoms with van der Waals surface area (Å²) in [5.41, 5.74) is 4.38. The number of nitrogens with zero attached hydrogens (tertiary/aromatic N) is 2. The Morgan fingerprint density at radius 1 is 1.08 bits per heavy atom. The van der Waals surface area contributed by atoms with E-state index in [1.165, 1.54) is 5.56 Å². The minimum absolute atomic E-state index is 0.0607. The molecule has 8 heteroatoms. The van der Waals surface area contributed by atoms with Crippen molar-refractivity contribution in [2.75, 3.05) is 19.8 Å². The van der Waals surface area contributed by atoms with E-state index >= 15 is 0 Å². The first-order valence-electron chi connectivity index (χ1n) is 12.2. The fourth-order valence-electron chi connectivity index (χ4n) is 4.53. The second-order valence-corrected chi connectivity index (χ2v) is 9.48. The van der Waals surface area contributed by atoms with Crippen LogP contribution in [0.1, 0.15) is 54.8 Å². The summed E-state index contributed by atoms with van der Waals surface area (Å²) in [7, 11) is 0. The number of hydrogen-bond donors (Lipinski definition) is 4. The van der Waals surface area contributed by atoms with Crippen LogP contribution >= 0.6 is 0 Å². The van der Waals surface area contributed by atoms with Crippen LogP contribution in [0.2, 0.25) is 0 Å². The Bertz CT molecular complexity index is 1140. The molecule has 1 unspecified atom stereocenters. The van der Waals surface area contributed by atoms with Crippen LogP contribution in [0.4, 0.5) is 8.78 Å². The number of alkyl halides is 2. The third-order valence-corrected chi connectivity index (χ3v) is 6.77. The summed E-state index contributed by atoms with van der Waals surface area (Å²) >= 11 is 0. The fourth-order valence-corrected chi connectivity index (χ4v) is 4.53. The molecule has 1 aliphatic rings. The van der Waals surface area contributed by atoms with Crippen LogP contribution in [0.25, 0.3) is 17.2 Å². The maximum absolute atomic E-state index is 13.2. The van der Waals surface area contributed by atoms with E-state index in [1.54, 1.807) is 23.9 Å². The van der Waals surface area contributed by atoms with Crippen molar-refractivity contribution in [3.05, 3.63) is 84.0 Å². The van der Waals surface area contributed by atoms with Gasteiger partial charge >= 0.3 is 0 Å². The van der Waals surface area contributed by atoms with Gasteiger partial charge in [0.25, 0.3) is 5.92 Å². The molecule has 0 radical (unpaired) electrons. The number of halogens is 2. The van der Waals surface area contributed by atoms with Gasteiger partial charge in [-0.2, -0.15) is 0 Å². The standard InChI is InChI=1S/C28H33F2N3O3/c1-19(36)27-31-12-13-33(27)26(16-34)11-4-20-2-5-21(6-3-20)22-7-9-23(10-8-22)24-14-25(15-24)32-17-28(29,30)18-35/h2-13,19,24-26,32,34-36H,14-18H2,1H3/b11-4+/t19-,24?,25?,26?/m0/s1. The molecule has 1 heterocycles. The number of rotatable bonds is 11. The number of aliphatic hydroxyl groups is 3. The molecule has 0 amide bonds. The third kappa shape index (κ3) is 6.25. The average molecular weight is 498 g/mol. The molecule has 0 spiro atoms. The second-order valence-electron chi connectivity index (χ2n) is 9.48. The zero-order valence-electron chi connectivity index (χ0n) is 20.3. The molecular weight excluding hydrogens is 464 g/mol. The van der Waals surface area contributed by atoms with Crippen molar-refractivity contribution >= 4 is 6.08 Å². The molecule has 3 aromatic rings. The summed E-state index contributed by atoms with van der Waals surface area (Å²) in [5, 5.41) is 31.2. The molecule has 1 aromatic heterocycles. The van der Waals surface area contributed by atoms with E-state index in [9.17, 15) is 19.0 Å². The zero-order valence-corrected chi connectivity index (χ0v) is 20.3. The molecule has 2 aromatic carbocycles. The highest BCUT2D eigenvalue weighted by Crippen LogP contribution is 2.38. The lowest BCUT2D eigenvalue weighted by Gasteiger charge is -2.37. The van der Waals surface area contributed by atoms with Crippen LogP contribution in [-0.2, 0) is 0 Å². The summed E-state index contributed by atoms with van der Waals surface area (Å²) in [5.74, 6) is -2.20. The molecule has 6 nitrogen and oxygen atoms in total. The van der Waals surface area contributed by atoms with Gasteiger partial charge < -0.3 is 25.2 Å².